The van der Waals surface area contributed by atoms with E-state index in [2.05, 4.69) is 10.3 Å². The Kier molecular flexibility index (Phi) is 6.95. The lowest BCUT2D eigenvalue weighted by Gasteiger charge is -2.20. The van der Waals surface area contributed by atoms with Crippen LogP contribution in [0.25, 0.3) is 10.6 Å². The number of amides is 1. The summed E-state index contributed by atoms with van der Waals surface area (Å²) in [6.45, 7) is 5.59. The maximum absolute atomic E-state index is 13.8. The number of esters is 1. The molecular weight excluding hydrogens is 403 g/mol. The summed E-state index contributed by atoms with van der Waals surface area (Å²) in [5.74, 6) is -2.11. The van der Waals surface area contributed by atoms with Gasteiger partial charge in [0.25, 0.3) is 5.91 Å². The zero-order valence-electron chi connectivity index (χ0n) is 17.0. The topological polar surface area (TPSA) is 68.3 Å². The lowest BCUT2D eigenvalue weighted by molar-refractivity contribution is -0.148. The van der Waals surface area contributed by atoms with Crippen LogP contribution in [-0.4, -0.2) is 22.9 Å². The second-order valence-corrected chi connectivity index (χ2v) is 8.15. The number of aromatic nitrogens is 1. The fourth-order valence-corrected chi connectivity index (χ4v) is 3.61. The Hall–Kier alpha value is -3.06. The molecule has 2 aromatic carbocycles. The second-order valence-electron chi connectivity index (χ2n) is 7.29. The van der Waals surface area contributed by atoms with Gasteiger partial charge in [-0.15, -0.1) is 11.3 Å². The van der Waals surface area contributed by atoms with Crippen molar-refractivity contribution in [2.45, 2.75) is 33.4 Å². The Morgan fingerprint density at radius 3 is 2.50 bits per heavy atom. The third-order valence-corrected chi connectivity index (χ3v) is 5.48. The molecule has 7 heteroatoms. The molecule has 1 aromatic heterocycles. The van der Waals surface area contributed by atoms with E-state index in [4.69, 9.17) is 4.74 Å². The maximum atomic E-state index is 13.8. The van der Waals surface area contributed by atoms with Gasteiger partial charge in [-0.3, -0.25) is 4.79 Å². The molecule has 0 spiro atoms. The molecule has 0 saturated carbocycles. The van der Waals surface area contributed by atoms with Gasteiger partial charge in [-0.2, -0.15) is 0 Å². The summed E-state index contributed by atoms with van der Waals surface area (Å²) in [4.78, 5) is 29.5. The molecule has 1 heterocycles. The van der Waals surface area contributed by atoms with Crippen molar-refractivity contribution in [2.24, 2.45) is 5.92 Å². The number of nitrogens with one attached hydrogen (secondary N) is 1. The van der Waals surface area contributed by atoms with Crippen LogP contribution in [0.2, 0.25) is 0 Å². The van der Waals surface area contributed by atoms with Gasteiger partial charge >= 0.3 is 5.97 Å². The van der Waals surface area contributed by atoms with Crippen molar-refractivity contribution in [1.82, 2.24) is 10.3 Å². The van der Waals surface area contributed by atoms with Crippen LogP contribution in [0.3, 0.4) is 0 Å². The monoisotopic (exact) mass is 426 g/mol. The highest BCUT2D eigenvalue weighted by molar-refractivity contribution is 7.13. The van der Waals surface area contributed by atoms with Gasteiger partial charge in [-0.1, -0.05) is 55.8 Å². The SMILES string of the molecule is Cc1ccc(-c2nc(COC(=O)[C@@H](NC(=O)c3ccccc3F)C(C)C)cs2)cc1. The Bertz CT molecular complexity index is 1030. The van der Waals surface area contributed by atoms with Crippen molar-refractivity contribution in [3.63, 3.8) is 0 Å². The van der Waals surface area contributed by atoms with E-state index in [-0.39, 0.29) is 18.1 Å². The van der Waals surface area contributed by atoms with E-state index in [0.717, 1.165) is 10.6 Å². The highest BCUT2D eigenvalue weighted by Gasteiger charge is 2.27. The summed E-state index contributed by atoms with van der Waals surface area (Å²) in [6, 6.07) is 12.8. The van der Waals surface area contributed by atoms with Crippen molar-refractivity contribution >= 4 is 23.2 Å². The van der Waals surface area contributed by atoms with Gasteiger partial charge in [0.15, 0.2) is 0 Å². The average Bonchev–Trinajstić information content (AvgIpc) is 3.19. The van der Waals surface area contributed by atoms with Crippen LogP contribution in [-0.2, 0) is 16.1 Å². The maximum Gasteiger partial charge on any atom is 0.329 e. The minimum atomic E-state index is -0.896. The van der Waals surface area contributed by atoms with E-state index in [1.165, 1.54) is 35.1 Å². The van der Waals surface area contributed by atoms with Crippen LogP contribution < -0.4 is 5.32 Å². The molecule has 0 aliphatic rings. The van der Waals surface area contributed by atoms with E-state index in [0.29, 0.717) is 5.69 Å². The molecule has 1 N–H and O–H groups in total. The van der Waals surface area contributed by atoms with Crippen molar-refractivity contribution in [3.8, 4) is 10.6 Å². The number of nitrogens with zero attached hydrogens (tertiary/aromatic N) is 1. The smallest absolute Gasteiger partial charge is 0.329 e. The predicted molar refractivity (Wildman–Crippen MR) is 115 cm³/mol. The lowest BCUT2D eigenvalue weighted by atomic mass is 10.0. The number of carbonyl (C=O) groups excluding carboxylic acids is 2. The number of thiazole rings is 1. The number of halogens is 1. The van der Waals surface area contributed by atoms with E-state index in [9.17, 15) is 14.0 Å². The molecule has 30 heavy (non-hydrogen) atoms. The molecule has 0 unspecified atom stereocenters. The largest absolute Gasteiger partial charge is 0.458 e. The quantitative estimate of drug-likeness (QED) is 0.554. The van der Waals surface area contributed by atoms with E-state index in [1.807, 2.05) is 36.6 Å². The van der Waals surface area contributed by atoms with Crippen LogP contribution in [0.5, 0.6) is 0 Å². The molecule has 3 rings (SSSR count). The summed E-state index contributed by atoms with van der Waals surface area (Å²) >= 11 is 1.47. The minimum absolute atomic E-state index is 0.0000166. The Labute approximate surface area is 178 Å². The predicted octanol–water partition coefficient (Wildman–Crippen LogP) is 4.76. The first-order valence-electron chi connectivity index (χ1n) is 9.58. The van der Waals surface area contributed by atoms with Crippen LogP contribution in [0.4, 0.5) is 4.39 Å². The van der Waals surface area contributed by atoms with E-state index >= 15 is 0 Å². The molecule has 0 saturated heterocycles. The second kappa shape index (κ2) is 9.63. The van der Waals surface area contributed by atoms with Crippen molar-refractivity contribution in [3.05, 3.63) is 76.5 Å². The Balaban J connectivity index is 1.62. The number of carbonyl (C=O) groups is 2. The normalized spacial score (nSPS) is 11.9. The molecule has 1 amide bonds. The van der Waals surface area contributed by atoms with E-state index < -0.39 is 23.7 Å². The van der Waals surface area contributed by atoms with Gasteiger partial charge in [0, 0.05) is 10.9 Å². The van der Waals surface area contributed by atoms with Crippen molar-refractivity contribution in [1.29, 1.82) is 0 Å². The van der Waals surface area contributed by atoms with Crippen molar-refractivity contribution in [2.75, 3.05) is 0 Å². The van der Waals surface area contributed by atoms with Crippen molar-refractivity contribution < 1.29 is 18.7 Å². The standard InChI is InChI=1S/C23H23FN2O3S/c1-14(2)20(26-21(27)18-6-4-5-7-19(18)24)23(28)29-12-17-13-30-22(25-17)16-10-8-15(3)9-11-16/h4-11,13-14,20H,12H2,1-3H3,(H,26,27)/t20-/m0/s1. The number of aryl methyl sites for hydroxylation is 1. The Morgan fingerprint density at radius 1 is 1.13 bits per heavy atom. The molecule has 1 atom stereocenters. The summed E-state index contributed by atoms with van der Waals surface area (Å²) in [5, 5.41) is 5.25. The molecule has 0 radical (unpaired) electrons. The number of benzene rings is 2. The molecule has 0 aliphatic heterocycles. The number of hydrogen-bond donors (Lipinski definition) is 1. The van der Waals surface area contributed by atoms with Gasteiger partial charge in [-0.25, -0.2) is 14.2 Å². The summed E-state index contributed by atoms with van der Waals surface area (Å²) in [5.41, 5.74) is 2.69. The molecule has 0 fully saturated rings. The van der Waals surface area contributed by atoms with Crippen LogP contribution in [0, 0.1) is 18.7 Å². The molecule has 5 nitrogen and oxygen atoms in total. The fraction of sp³-hybridized carbons (Fsp3) is 0.261. The third-order valence-electron chi connectivity index (χ3n) is 4.54. The summed E-state index contributed by atoms with van der Waals surface area (Å²) < 4.78 is 19.2. The van der Waals surface area contributed by atoms with E-state index in [1.54, 1.807) is 19.9 Å². The van der Waals surface area contributed by atoms with Crippen LogP contribution in [0.15, 0.2) is 53.9 Å². The molecular formula is C23H23FN2O3S. The zero-order chi connectivity index (χ0) is 21.7. The zero-order valence-corrected chi connectivity index (χ0v) is 17.8. The molecule has 3 aromatic rings. The fourth-order valence-electron chi connectivity index (χ4n) is 2.80. The number of ether oxygens (including phenoxy) is 1. The van der Waals surface area contributed by atoms with Gasteiger partial charge in [0.2, 0.25) is 0 Å². The highest BCUT2D eigenvalue weighted by Crippen LogP contribution is 2.24. The molecule has 0 aliphatic carbocycles. The third kappa shape index (κ3) is 5.30. The number of rotatable bonds is 7. The van der Waals surface area contributed by atoms with Crippen LogP contribution >= 0.6 is 11.3 Å². The van der Waals surface area contributed by atoms with Gasteiger partial charge < -0.3 is 10.1 Å². The van der Waals surface area contributed by atoms with Gasteiger partial charge in [-0.05, 0) is 25.0 Å². The minimum Gasteiger partial charge on any atom is -0.458 e. The van der Waals surface area contributed by atoms with Gasteiger partial charge in [0.1, 0.15) is 23.5 Å². The Morgan fingerprint density at radius 2 is 1.83 bits per heavy atom. The summed E-state index contributed by atoms with van der Waals surface area (Å²) in [6.07, 6.45) is 0. The first-order valence-corrected chi connectivity index (χ1v) is 10.5. The first kappa shape index (κ1) is 21.6. The summed E-state index contributed by atoms with van der Waals surface area (Å²) in [7, 11) is 0. The number of hydrogen-bond acceptors (Lipinski definition) is 5. The van der Waals surface area contributed by atoms with Gasteiger partial charge in [0.05, 0.1) is 11.3 Å². The lowest BCUT2D eigenvalue weighted by Crippen LogP contribution is -2.45. The molecule has 0 bridgehead atoms. The average molecular weight is 427 g/mol. The van der Waals surface area contributed by atoms with Crippen LogP contribution in [0.1, 0.15) is 35.5 Å². The molecule has 156 valence electrons. The highest BCUT2D eigenvalue weighted by atomic mass is 32.1. The first-order chi connectivity index (χ1) is 14.3.